The number of carbonyl (C=O) groups is 3. The van der Waals surface area contributed by atoms with Gasteiger partial charge in [0, 0.05) is 47.1 Å². The molecule has 4 rings (SSSR count). The van der Waals surface area contributed by atoms with Crippen molar-refractivity contribution in [2.45, 2.75) is 23.6 Å². The van der Waals surface area contributed by atoms with Gasteiger partial charge in [-0.1, -0.05) is 58.8 Å². The number of amides is 2. The molecule has 0 radical (unpaired) electrons. The summed E-state index contributed by atoms with van der Waals surface area (Å²) >= 11 is 17.5. The zero-order valence-electron chi connectivity index (χ0n) is 19.5. The Labute approximate surface area is 233 Å². The molecule has 0 bridgehead atoms. The third-order valence-electron chi connectivity index (χ3n) is 5.49. The second kappa shape index (κ2) is 12.5. The highest BCUT2D eigenvalue weighted by atomic mass is 35.5. The van der Waals surface area contributed by atoms with E-state index >= 15 is 0 Å². The first kappa shape index (κ1) is 27.1. The molecule has 1 fully saturated rings. The average Bonchev–Trinajstić information content (AvgIpc) is 3.25. The Morgan fingerprint density at radius 1 is 0.973 bits per heavy atom. The van der Waals surface area contributed by atoms with Crippen LogP contribution in [0.15, 0.2) is 64.0 Å². The Bertz CT molecular complexity index is 1340. The van der Waals surface area contributed by atoms with E-state index in [1.165, 1.54) is 0 Å². The maximum Gasteiger partial charge on any atom is 0.226 e. The highest BCUT2D eigenvalue weighted by Crippen LogP contribution is 2.25. The van der Waals surface area contributed by atoms with Gasteiger partial charge in [-0.2, -0.15) is 0 Å². The van der Waals surface area contributed by atoms with Crippen molar-refractivity contribution in [2.75, 3.05) is 18.4 Å². The number of aromatic nitrogens is 2. The molecule has 190 valence electrons. The molecule has 1 N–H and O–H groups in total. The van der Waals surface area contributed by atoms with E-state index < -0.39 is 0 Å². The summed E-state index contributed by atoms with van der Waals surface area (Å²) in [5.41, 5.74) is 2.49. The van der Waals surface area contributed by atoms with Gasteiger partial charge in [-0.05, 0) is 54.0 Å². The number of nitrogens with one attached hydrogen (secondary N) is 1. The zero-order valence-corrected chi connectivity index (χ0v) is 22.7. The van der Waals surface area contributed by atoms with E-state index in [9.17, 15) is 14.4 Å². The summed E-state index contributed by atoms with van der Waals surface area (Å²) in [5.74, 6) is -0.541. The number of piperidine rings is 1. The zero-order chi connectivity index (χ0) is 26.4. The molecule has 37 heavy (non-hydrogen) atoms. The van der Waals surface area contributed by atoms with Gasteiger partial charge in [-0.25, -0.2) is 0 Å². The summed E-state index contributed by atoms with van der Waals surface area (Å²) in [5, 5.41) is 11.7. The summed E-state index contributed by atoms with van der Waals surface area (Å²) < 4.78 is 0.452. The number of nitrogens with zero attached hydrogens (tertiary/aromatic N) is 3. The van der Waals surface area contributed by atoms with Crippen LogP contribution in [0.3, 0.4) is 0 Å². The number of ketones is 1. The number of Topliss-reactive ketones (excluding diaryl/α,β-unsaturated/α-hetero) is 1. The lowest BCUT2D eigenvalue weighted by atomic mass is 9.94. The molecular formula is C26H22Cl2N4O3S2. The fraction of sp³-hybridized carbons (Fsp3) is 0.192. The second-order valence-electron chi connectivity index (χ2n) is 8.32. The third-order valence-corrected chi connectivity index (χ3v) is 6.97. The van der Waals surface area contributed by atoms with Crippen LogP contribution in [0.5, 0.6) is 0 Å². The fourth-order valence-corrected chi connectivity index (χ4v) is 5.02. The second-order valence-corrected chi connectivity index (χ2v) is 10.9. The van der Waals surface area contributed by atoms with Gasteiger partial charge >= 0.3 is 0 Å². The molecule has 0 spiro atoms. The van der Waals surface area contributed by atoms with E-state index in [1.54, 1.807) is 53.5 Å². The van der Waals surface area contributed by atoms with Crippen molar-refractivity contribution in [3.63, 3.8) is 0 Å². The minimum absolute atomic E-state index is 0.135. The van der Waals surface area contributed by atoms with Gasteiger partial charge in [0.1, 0.15) is 0 Å². The maximum atomic E-state index is 13.3. The van der Waals surface area contributed by atoms with Crippen LogP contribution in [0.4, 0.5) is 5.13 Å². The minimum atomic E-state index is -0.255. The van der Waals surface area contributed by atoms with Crippen LogP contribution in [-0.2, 0) is 14.4 Å². The summed E-state index contributed by atoms with van der Waals surface area (Å²) in [6, 6.07) is 14.3. The quantitative estimate of drug-likeness (QED) is 0.211. The highest BCUT2D eigenvalue weighted by molar-refractivity contribution is 7.82. The smallest absolute Gasteiger partial charge is 0.226 e. The van der Waals surface area contributed by atoms with Crippen LogP contribution in [0, 0.1) is 0 Å². The highest BCUT2D eigenvalue weighted by Gasteiger charge is 2.29. The first-order valence-corrected chi connectivity index (χ1v) is 13.4. The molecule has 0 unspecified atom stereocenters. The molecule has 2 heterocycles. The van der Waals surface area contributed by atoms with Crippen molar-refractivity contribution < 1.29 is 14.4 Å². The lowest BCUT2D eigenvalue weighted by Gasteiger charge is -2.30. The van der Waals surface area contributed by atoms with Crippen molar-refractivity contribution in [1.29, 1.82) is 0 Å². The van der Waals surface area contributed by atoms with Gasteiger partial charge in [0.05, 0.1) is 0 Å². The van der Waals surface area contributed by atoms with Crippen LogP contribution in [0.25, 0.3) is 12.2 Å². The molecule has 2 amide bonds. The van der Waals surface area contributed by atoms with Crippen molar-refractivity contribution >= 4 is 82.0 Å². The van der Waals surface area contributed by atoms with Crippen LogP contribution < -0.4 is 5.32 Å². The summed E-state index contributed by atoms with van der Waals surface area (Å²) in [7, 11) is 0. The molecule has 1 aliphatic rings. The standard InChI is InChI=1S/C26H22Cl2N4O3S2/c27-20-6-1-4-16(12-20)10-18-14-32(15-19(24(18)35)11-17-5-2-7-21(28)13-17)23(34)9-3-8-22(33)29-25-30-31-26(36)37-25/h1-2,4-7,10-13H,3,8-9,14-15H2,(H,31,36)(H,29,30,33)/b18-10+,19-11+. The molecular weight excluding hydrogens is 551 g/mol. The van der Waals surface area contributed by atoms with E-state index in [0.29, 0.717) is 37.1 Å². The lowest BCUT2D eigenvalue weighted by Crippen LogP contribution is -2.41. The fourth-order valence-electron chi connectivity index (χ4n) is 3.82. The normalized spacial score (nSPS) is 15.9. The number of hydrogen-bond donors (Lipinski definition) is 2. The molecule has 1 aromatic heterocycles. The number of carbonyl (C=O) groups excluding carboxylic acids is 3. The number of rotatable bonds is 7. The predicted molar refractivity (Wildman–Crippen MR) is 150 cm³/mol. The van der Waals surface area contributed by atoms with Crippen LogP contribution in [0.2, 0.25) is 10.0 Å². The molecule has 1 saturated heterocycles. The molecule has 7 nitrogen and oxygen atoms in total. The summed E-state index contributed by atoms with van der Waals surface area (Å²) in [6.45, 7) is 0.331. The summed E-state index contributed by atoms with van der Waals surface area (Å²) in [4.78, 5) is 40.3. The number of likely N-dealkylation sites (tertiary alicyclic amines) is 1. The Morgan fingerprint density at radius 3 is 2.08 bits per heavy atom. The van der Waals surface area contributed by atoms with Gasteiger partial charge in [0.25, 0.3) is 0 Å². The average molecular weight is 574 g/mol. The van der Waals surface area contributed by atoms with E-state index in [-0.39, 0.29) is 43.5 Å². The molecule has 2 aromatic carbocycles. The van der Waals surface area contributed by atoms with Crippen LogP contribution in [-0.4, -0.2) is 45.8 Å². The van der Waals surface area contributed by atoms with Gasteiger partial charge in [-0.3, -0.25) is 14.4 Å². The molecule has 0 aliphatic carbocycles. The number of halogens is 2. The summed E-state index contributed by atoms with van der Waals surface area (Å²) in [6.07, 6.45) is 4.17. The number of anilines is 1. The first-order chi connectivity index (χ1) is 17.8. The Hall–Kier alpha value is -2.98. The van der Waals surface area contributed by atoms with E-state index in [2.05, 4.69) is 28.1 Å². The monoisotopic (exact) mass is 572 g/mol. The largest absolute Gasteiger partial charge is 0.334 e. The molecule has 11 heteroatoms. The van der Waals surface area contributed by atoms with Crippen molar-refractivity contribution in [3.8, 4) is 0 Å². The number of hydrogen-bond acceptors (Lipinski definition) is 7. The van der Waals surface area contributed by atoms with Crippen LogP contribution >= 0.6 is 47.2 Å². The van der Waals surface area contributed by atoms with Gasteiger partial charge in [-0.15, -0.1) is 22.8 Å². The molecule has 0 saturated carbocycles. The van der Waals surface area contributed by atoms with E-state index in [1.807, 2.05) is 12.1 Å². The van der Waals surface area contributed by atoms with Crippen molar-refractivity contribution in [1.82, 2.24) is 15.1 Å². The first-order valence-electron chi connectivity index (χ1n) is 11.3. The van der Waals surface area contributed by atoms with E-state index in [4.69, 9.17) is 23.2 Å². The van der Waals surface area contributed by atoms with Crippen molar-refractivity contribution in [3.05, 3.63) is 80.8 Å². The van der Waals surface area contributed by atoms with Gasteiger partial charge < -0.3 is 10.2 Å². The van der Waals surface area contributed by atoms with Crippen molar-refractivity contribution in [2.24, 2.45) is 0 Å². The SMILES string of the molecule is O=C(CCCC(=O)N1C/C(=C\c2cccc(Cl)c2)C(=O)/C(=C/c2cccc(Cl)c2)C1)Nc1nnc(S)s1. The van der Waals surface area contributed by atoms with Gasteiger partial charge in [0.2, 0.25) is 16.9 Å². The topological polar surface area (TPSA) is 92.3 Å². The van der Waals surface area contributed by atoms with Gasteiger partial charge in [0.15, 0.2) is 10.1 Å². The molecule has 1 aliphatic heterocycles. The van der Waals surface area contributed by atoms with E-state index in [0.717, 1.165) is 22.5 Å². The minimum Gasteiger partial charge on any atom is -0.334 e. The number of benzene rings is 2. The Morgan fingerprint density at radius 2 is 1.57 bits per heavy atom. The predicted octanol–water partition coefficient (Wildman–Crippen LogP) is 5.82. The number of thiol groups is 1. The maximum absolute atomic E-state index is 13.3. The lowest BCUT2D eigenvalue weighted by molar-refractivity contribution is -0.131. The third kappa shape index (κ3) is 7.75. The molecule has 0 atom stereocenters. The molecule has 3 aromatic rings. The Kier molecular flexibility index (Phi) is 9.15. The Balaban J connectivity index is 1.48. The van der Waals surface area contributed by atoms with Crippen LogP contribution in [0.1, 0.15) is 30.4 Å².